The average Bonchev–Trinajstić information content (AvgIpc) is 2.74. The first kappa shape index (κ1) is 23.6. The highest BCUT2D eigenvalue weighted by Gasteiger charge is 2.30. The fraction of sp³-hybridized carbons (Fsp3) is 0.130. The van der Waals surface area contributed by atoms with Gasteiger partial charge in [-0.15, -0.1) is 0 Å². The molecule has 0 aliphatic rings. The maximum absolute atomic E-state index is 12.7. The van der Waals surface area contributed by atoms with Gasteiger partial charge in [-0.05, 0) is 53.6 Å². The Bertz CT molecular complexity index is 1120. The first-order valence-electron chi connectivity index (χ1n) is 9.35. The first-order valence-corrected chi connectivity index (χ1v) is 10.1. The predicted octanol–water partition coefficient (Wildman–Crippen LogP) is 6.28. The van der Waals surface area contributed by atoms with Crippen molar-refractivity contribution in [1.29, 1.82) is 0 Å². The number of hydrogen-bond acceptors (Lipinski definition) is 3. The fourth-order valence-corrected chi connectivity index (χ4v) is 3.17. The van der Waals surface area contributed by atoms with E-state index < -0.39 is 17.6 Å². The van der Waals surface area contributed by atoms with Crippen molar-refractivity contribution in [3.8, 4) is 5.75 Å². The summed E-state index contributed by atoms with van der Waals surface area (Å²) >= 11 is 12.0. The molecule has 3 aromatic carbocycles. The summed E-state index contributed by atoms with van der Waals surface area (Å²) in [5.41, 5.74) is 3.24. The van der Waals surface area contributed by atoms with Crippen LogP contribution in [0, 0.1) is 0 Å². The van der Waals surface area contributed by atoms with Crippen LogP contribution in [-0.4, -0.2) is 12.1 Å². The van der Waals surface area contributed by atoms with Gasteiger partial charge in [0.1, 0.15) is 12.4 Å². The molecule has 4 nitrogen and oxygen atoms in total. The first-order chi connectivity index (χ1) is 15.2. The smallest absolute Gasteiger partial charge is 0.416 e. The Kier molecular flexibility index (Phi) is 7.77. The quantitative estimate of drug-likeness (QED) is 0.319. The molecular weight excluding hydrogens is 464 g/mol. The van der Waals surface area contributed by atoms with Gasteiger partial charge in [0, 0.05) is 15.6 Å². The van der Waals surface area contributed by atoms with Gasteiger partial charge in [0.2, 0.25) is 5.91 Å². The minimum Gasteiger partial charge on any atom is -0.489 e. The number of ether oxygens (including phenoxy) is 1. The lowest BCUT2D eigenvalue weighted by atomic mass is 10.1. The second kappa shape index (κ2) is 10.5. The second-order valence-electron chi connectivity index (χ2n) is 6.76. The number of hydrazone groups is 1. The van der Waals surface area contributed by atoms with Gasteiger partial charge in [-0.1, -0.05) is 47.5 Å². The molecule has 0 aromatic heterocycles. The molecule has 0 aliphatic heterocycles. The van der Waals surface area contributed by atoms with Gasteiger partial charge in [0.25, 0.3) is 0 Å². The van der Waals surface area contributed by atoms with Gasteiger partial charge in [0.15, 0.2) is 0 Å². The van der Waals surface area contributed by atoms with Crippen molar-refractivity contribution in [3.63, 3.8) is 0 Å². The zero-order chi connectivity index (χ0) is 23.1. The molecule has 0 unspecified atom stereocenters. The van der Waals surface area contributed by atoms with Crippen molar-refractivity contribution in [2.24, 2.45) is 5.10 Å². The van der Waals surface area contributed by atoms with E-state index in [1.165, 1.54) is 18.3 Å². The molecule has 0 saturated carbocycles. The molecule has 3 rings (SSSR count). The summed E-state index contributed by atoms with van der Waals surface area (Å²) < 4.78 is 43.9. The number of amides is 1. The van der Waals surface area contributed by atoms with Crippen molar-refractivity contribution < 1.29 is 22.7 Å². The largest absolute Gasteiger partial charge is 0.489 e. The molecule has 0 spiro atoms. The van der Waals surface area contributed by atoms with E-state index in [1.54, 1.807) is 42.5 Å². The van der Waals surface area contributed by atoms with E-state index in [9.17, 15) is 18.0 Å². The minimum atomic E-state index is -4.46. The van der Waals surface area contributed by atoms with E-state index in [-0.39, 0.29) is 18.6 Å². The van der Waals surface area contributed by atoms with Crippen LogP contribution in [0.25, 0.3) is 0 Å². The topological polar surface area (TPSA) is 50.7 Å². The van der Waals surface area contributed by atoms with E-state index in [1.807, 2.05) is 0 Å². The van der Waals surface area contributed by atoms with Crippen LogP contribution < -0.4 is 10.2 Å². The second-order valence-corrected chi connectivity index (χ2v) is 7.61. The number of benzene rings is 3. The summed E-state index contributed by atoms with van der Waals surface area (Å²) in [6.07, 6.45) is -3.26. The Morgan fingerprint density at radius 2 is 1.78 bits per heavy atom. The molecule has 1 N–H and O–H groups in total. The van der Waals surface area contributed by atoms with Crippen molar-refractivity contribution in [2.45, 2.75) is 19.2 Å². The molecular formula is C23H17Cl2F3N2O2. The summed E-state index contributed by atoms with van der Waals surface area (Å²) in [7, 11) is 0. The maximum Gasteiger partial charge on any atom is 0.416 e. The zero-order valence-electron chi connectivity index (χ0n) is 16.5. The highest BCUT2D eigenvalue weighted by Crippen LogP contribution is 2.29. The number of carbonyl (C=O) groups is 1. The lowest BCUT2D eigenvalue weighted by Crippen LogP contribution is -2.20. The van der Waals surface area contributed by atoms with Gasteiger partial charge in [-0.3, -0.25) is 4.79 Å². The van der Waals surface area contributed by atoms with E-state index in [0.717, 1.165) is 17.7 Å². The van der Waals surface area contributed by atoms with Gasteiger partial charge in [-0.2, -0.15) is 18.3 Å². The van der Waals surface area contributed by atoms with Crippen molar-refractivity contribution >= 4 is 35.3 Å². The number of rotatable bonds is 7. The Morgan fingerprint density at radius 3 is 2.47 bits per heavy atom. The third-order valence-corrected chi connectivity index (χ3v) is 4.90. The van der Waals surface area contributed by atoms with Crippen LogP contribution in [0.15, 0.2) is 71.8 Å². The summed E-state index contributed by atoms with van der Waals surface area (Å²) in [5, 5.41) is 4.90. The lowest BCUT2D eigenvalue weighted by molar-refractivity contribution is -0.137. The number of nitrogens with zero attached hydrogens (tertiary/aromatic N) is 1. The normalized spacial score (nSPS) is 11.5. The van der Waals surface area contributed by atoms with Crippen LogP contribution in [0.4, 0.5) is 13.2 Å². The summed E-state index contributed by atoms with van der Waals surface area (Å²) in [6.45, 7) is 0.273. The lowest BCUT2D eigenvalue weighted by Gasteiger charge is -2.08. The van der Waals surface area contributed by atoms with E-state index in [4.69, 9.17) is 27.9 Å². The fourth-order valence-electron chi connectivity index (χ4n) is 2.71. The molecule has 0 heterocycles. The van der Waals surface area contributed by atoms with Crippen molar-refractivity contribution in [2.75, 3.05) is 0 Å². The highest BCUT2D eigenvalue weighted by atomic mass is 35.5. The monoisotopic (exact) mass is 480 g/mol. The molecule has 0 bridgehead atoms. The number of carbonyl (C=O) groups excluding carboxylic acids is 1. The molecule has 0 saturated heterocycles. The zero-order valence-corrected chi connectivity index (χ0v) is 18.0. The van der Waals surface area contributed by atoms with E-state index in [2.05, 4.69) is 10.5 Å². The molecule has 3 aromatic rings. The third kappa shape index (κ3) is 7.00. The molecule has 32 heavy (non-hydrogen) atoms. The van der Waals surface area contributed by atoms with Gasteiger partial charge < -0.3 is 4.74 Å². The summed E-state index contributed by atoms with van der Waals surface area (Å²) in [5.74, 6) is 0.0853. The average molecular weight is 481 g/mol. The minimum absolute atomic E-state index is 0.221. The molecule has 0 atom stereocenters. The number of nitrogens with one attached hydrogen (secondary N) is 1. The number of hydrogen-bond donors (Lipinski definition) is 1. The predicted molar refractivity (Wildman–Crippen MR) is 118 cm³/mol. The summed E-state index contributed by atoms with van der Waals surface area (Å²) in [6, 6.07) is 16.7. The van der Waals surface area contributed by atoms with Crippen LogP contribution in [0.1, 0.15) is 22.3 Å². The Morgan fingerprint density at radius 1 is 1.03 bits per heavy atom. The summed E-state index contributed by atoms with van der Waals surface area (Å²) in [4.78, 5) is 11.9. The van der Waals surface area contributed by atoms with E-state index >= 15 is 0 Å². The van der Waals surface area contributed by atoms with Crippen LogP contribution in [-0.2, 0) is 24.0 Å². The van der Waals surface area contributed by atoms with Crippen molar-refractivity contribution in [3.05, 3.63) is 99.0 Å². The van der Waals surface area contributed by atoms with Gasteiger partial charge >= 0.3 is 6.18 Å². The molecule has 166 valence electrons. The Balaban J connectivity index is 1.50. The standard InChI is InChI=1S/C23H17Cl2F3N2O2/c24-19-7-6-17(21(25)12-19)14-32-20-8-4-15(5-9-20)13-29-30-22(31)11-16-2-1-3-18(10-16)23(26,27)28/h1-10,12-13H,11,14H2,(H,30,31). The molecule has 9 heteroatoms. The van der Waals surface area contributed by atoms with Crippen LogP contribution in [0.3, 0.4) is 0 Å². The molecule has 0 aliphatic carbocycles. The Labute approximate surface area is 192 Å². The van der Waals surface area contributed by atoms with Gasteiger partial charge in [0.05, 0.1) is 18.2 Å². The molecule has 0 radical (unpaired) electrons. The number of halogens is 5. The third-order valence-electron chi connectivity index (χ3n) is 4.31. The SMILES string of the molecule is O=C(Cc1cccc(C(F)(F)F)c1)NN=Cc1ccc(OCc2ccc(Cl)cc2Cl)cc1. The van der Waals surface area contributed by atoms with Crippen LogP contribution >= 0.6 is 23.2 Å². The van der Waals surface area contributed by atoms with Crippen LogP contribution in [0.2, 0.25) is 10.0 Å². The van der Waals surface area contributed by atoms with E-state index in [0.29, 0.717) is 21.4 Å². The number of alkyl halides is 3. The molecule has 0 fully saturated rings. The van der Waals surface area contributed by atoms with Gasteiger partial charge in [-0.25, -0.2) is 5.43 Å². The maximum atomic E-state index is 12.7. The van der Waals surface area contributed by atoms with Crippen LogP contribution in [0.5, 0.6) is 5.75 Å². The Hall–Kier alpha value is -3.03. The van der Waals surface area contributed by atoms with Crippen molar-refractivity contribution in [1.82, 2.24) is 5.43 Å². The molecule has 1 amide bonds. The highest BCUT2D eigenvalue weighted by molar-refractivity contribution is 6.35.